The third-order valence-corrected chi connectivity index (χ3v) is 6.15. The van der Waals surface area contributed by atoms with Crippen LogP contribution in [0.4, 0.5) is 4.79 Å². The lowest BCUT2D eigenvalue weighted by Crippen LogP contribution is -2.64. The Hall–Kier alpha value is -4.23. The zero-order chi connectivity index (χ0) is 29.4. The summed E-state index contributed by atoms with van der Waals surface area (Å²) in [6.07, 6.45) is 2.21. The molecule has 3 unspecified atom stereocenters. The number of ketones is 1. The number of alkyl carbamates (subject to hydrolysis) is 1. The number of amides is 4. The lowest BCUT2D eigenvalue weighted by Gasteiger charge is -2.43. The molecule has 3 heterocycles. The molecule has 14 heteroatoms. The van der Waals surface area contributed by atoms with Gasteiger partial charge in [0.05, 0.1) is 19.7 Å². The number of esters is 1. The number of hydrazine groups is 1. The van der Waals surface area contributed by atoms with E-state index in [1.54, 1.807) is 32.9 Å². The zero-order valence-corrected chi connectivity index (χ0v) is 23.0. The van der Waals surface area contributed by atoms with Crippen molar-refractivity contribution in [2.75, 3.05) is 20.3 Å². The van der Waals surface area contributed by atoms with Crippen molar-refractivity contribution in [3.05, 3.63) is 24.5 Å². The van der Waals surface area contributed by atoms with Crippen LogP contribution in [0.15, 0.2) is 24.5 Å². The molecule has 3 atom stereocenters. The molecule has 2 N–H and O–H groups in total. The smallest absolute Gasteiger partial charge is 0.407 e. The maximum absolute atomic E-state index is 13.5. The summed E-state index contributed by atoms with van der Waals surface area (Å²) >= 11 is 0. The molecule has 0 saturated carbocycles. The van der Waals surface area contributed by atoms with E-state index in [1.807, 2.05) is 0 Å². The van der Waals surface area contributed by atoms with Crippen molar-refractivity contribution >= 4 is 35.6 Å². The molecule has 40 heavy (non-hydrogen) atoms. The van der Waals surface area contributed by atoms with Gasteiger partial charge in [-0.3, -0.25) is 34.0 Å². The number of carbonyl (C=O) groups excluding carboxylic acids is 6. The highest BCUT2D eigenvalue weighted by atomic mass is 16.6. The topological polar surface area (TPSA) is 174 Å². The Kier molecular flexibility index (Phi) is 10.0. The molecule has 1 aromatic heterocycles. The molecule has 0 aliphatic carbocycles. The van der Waals surface area contributed by atoms with Gasteiger partial charge in [-0.25, -0.2) is 9.80 Å². The summed E-state index contributed by atoms with van der Waals surface area (Å²) in [5.74, 6) is -2.80. The number of hydrogen-bond acceptors (Lipinski definition) is 10. The number of nitrogens with one attached hydrogen (secondary N) is 2. The van der Waals surface area contributed by atoms with Crippen LogP contribution in [0.5, 0.6) is 5.75 Å². The second-order valence-corrected chi connectivity index (χ2v) is 10.4. The maximum Gasteiger partial charge on any atom is 0.407 e. The average molecular weight is 562 g/mol. The Morgan fingerprint density at radius 2 is 1.93 bits per heavy atom. The van der Waals surface area contributed by atoms with Crippen molar-refractivity contribution < 1.29 is 43.0 Å². The van der Waals surface area contributed by atoms with Crippen LogP contribution < -0.4 is 15.4 Å². The van der Waals surface area contributed by atoms with E-state index in [0.29, 0.717) is 12.2 Å². The lowest BCUT2D eigenvalue weighted by atomic mass is 10.0. The summed E-state index contributed by atoms with van der Waals surface area (Å²) in [4.78, 5) is 81.2. The molecule has 0 bridgehead atoms. The van der Waals surface area contributed by atoms with Gasteiger partial charge < -0.3 is 24.8 Å². The first-order valence-electron chi connectivity index (χ1n) is 12.9. The molecule has 14 nitrogen and oxygen atoms in total. The van der Waals surface area contributed by atoms with Crippen molar-refractivity contribution in [3.63, 3.8) is 0 Å². The van der Waals surface area contributed by atoms with E-state index in [2.05, 4.69) is 20.4 Å². The zero-order valence-electron chi connectivity index (χ0n) is 23.0. The number of fused-ring (bicyclic) bond motifs is 1. The van der Waals surface area contributed by atoms with Crippen LogP contribution in [-0.4, -0.2) is 94.6 Å². The normalized spacial score (nSPS) is 20.0. The van der Waals surface area contributed by atoms with Crippen LogP contribution >= 0.6 is 0 Å². The standard InChI is InChI=1S/C26H35N5O9/c1-26(2,3)40-22(34)13-18(20(32)15-39-16-7-5-11-27-14-16)28-23(35)19-8-6-12-30-21(33)10-9-17(24(36)31(19)30)29-25(37)38-4/h5,7,11,14,17-19H,6,8-10,12-13,15H2,1-4H3,(H,28,35)(H,29,37). The number of ether oxygens (including phenoxy) is 3. The van der Waals surface area contributed by atoms with E-state index in [1.165, 1.54) is 17.4 Å². The Morgan fingerprint density at radius 3 is 2.58 bits per heavy atom. The highest BCUT2D eigenvalue weighted by Crippen LogP contribution is 2.25. The van der Waals surface area contributed by atoms with E-state index >= 15 is 0 Å². The van der Waals surface area contributed by atoms with Gasteiger partial charge in [-0.2, -0.15) is 0 Å². The maximum atomic E-state index is 13.5. The van der Waals surface area contributed by atoms with Crippen molar-refractivity contribution in [1.29, 1.82) is 0 Å². The minimum Gasteiger partial charge on any atom is -0.484 e. The molecule has 0 aromatic carbocycles. The third-order valence-electron chi connectivity index (χ3n) is 6.15. The Labute approximate surface area is 231 Å². The monoisotopic (exact) mass is 561 g/mol. The molecular weight excluding hydrogens is 526 g/mol. The van der Waals surface area contributed by atoms with Crippen LogP contribution in [0, 0.1) is 0 Å². The molecule has 2 aliphatic heterocycles. The summed E-state index contributed by atoms with van der Waals surface area (Å²) in [6, 6.07) is -0.383. The molecule has 3 rings (SSSR count). The van der Waals surface area contributed by atoms with Crippen molar-refractivity contribution in [2.24, 2.45) is 0 Å². The minimum atomic E-state index is -1.34. The number of pyridine rings is 1. The number of methoxy groups -OCH3 is 1. The predicted octanol–water partition coefficient (Wildman–Crippen LogP) is 0.499. The van der Waals surface area contributed by atoms with Crippen LogP contribution in [-0.2, 0) is 33.4 Å². The third kappa shape index (κ3) is 8.13. The van der Waals surface area contributed by atoms with Gasteiger partial charge in [-0.05, 0) is 52.2 Å². The van der Waals surface area contributed by atoms with Crippen molar-refractivity contribution in [1.82, 2.24) is 25.6 Å². The van der Waals surface area contributed by atoms with Crippen molar-refractivity contribution in [2.45, 2.75) is 76.6 Å². The fraction of sp³-hybridized carbons (Fsp3) is 0.577. The van der Waals surface area contributed by atoms with Gasteiger partial charge in [-0.15, -0.1) is 0 Å². The van der Waals surface area contributed by atoms with E-state index < -0.39 is 66.4 Å². The van der Waals surface area contributed by atoms with Crippen molar-refractivity contribution in [3.8, 4) is 5.75 Å². The average Bonchev–Trinajstić information content (AvgIpc) is 3.02. The molecule has 0 spiro atoms. The fourth-order valence-corrected chi connectivity index (χ4v) is 4.36. The van der Waals surface area contributed by atoms with E-state index in [-0.39, 0.29) is 31.7 Å². The first-order chi connectivity index (χ1) is 18.9. The number of carbonyl (C=O) groups is 6. The summed E-state index contributed by atoms with van der Waals surface area (Å²) < 4.78 is 15.4. The first kappa shape index (κ1) is 30.3. The fourth-order valence-electron chi connectivity index (χ4n) is 4.36. The number of aromatic nitrogens is 1. The molecular formula is C26H35N5O9. The van der Waals surface area contributed by atoms with Gasteiger partial charge in [0.15, 0.2) is 5.78 Å². The van der Waals surface area contributed by atoms with E-state index in [4.69, 9.17) is 9.47 Å². The van der Waals surface area contributed by atoms with Gasteiger partial charge in [0.25, 0.3) is 5.91 Å². The largest absolute Gasteiger partial charge is 0.484 e. The molecule has 1 aromatic rings. The molecule has 218 valence electrons. The Bertz CT molecular complexity index is 1120. The molecule has 2 saturated heterocycles. The number of hydrogen-bond donors (Lipinski definition) is 2. The predicted molar refractivity (Wildman–Crippen MR) is 137 cm³/mol. The van der Waals surface area contributed by atoms with Crippen LogP contribution in [0.3, 0.4) is 0 Å². The SMILES string of the molecule is COC(=O)NC1CCC(=O)N2CCCC(C(=O)NC(CC(=O)OC(C)(C)C)C(=O)COc3cccnc3)N2C1=O. The molecule has 2 aliphatic rings. The molecule has 4 amide bonds. The Balaban J connectivity index is 1.81. The quantitative estimate of drug-likeness (QED) is 0.404. The Morgan fingerprint density at radius 1 is 1.18 bits per heavy atom. The number of rotatable bonds is 9. The number of nitrogens with zero attached hydrogens (tertiary/aromatic N) is 3. The van der Waals surface area contributed by atoms with Gasteiger partial charge in [0, 0.05) is 19.2 Å². The van der Waals surface area contributed by atoms with Gasteiger partial charge in [-0.1, -0.05) is 0 Å². The summed E-state index contributed by atoms with van der Waals surface area (Å²) in [6.45, 7) is 4.75. The van der Waals surface area contributed by atoms with Gasteiger partial charge >= 0.3 is 12.1 Å². The number of Topliss-reactive ketones (excluding diaryl/α,β-unsaturated/α-hetero) is 1. The van der Waals surface area contributed by atoms with E-state index in [9.17, 15) is 28.8 Å². The van der Waals surface area contributed by atoms with Crippen LogP contribution in [0.2, 0.25) is 0 Å². The van der Waals surface area contributed by atoms with Gasteiger partial charge in [0.1, 0.15) is 36.1 Å². The second kappa shape index (κ2) is 13.2. The van der Waals surface area contributed by atoms with Crippen LogP contribution in [0.1, 0.15) is 52.9 Å². The summed E-state index contributed by atoms with van der Waals surface area (Å²) in [7, 11) is 1.14. The summed E-state index contributed by atoms with van der Waals surface area (Å²) in [5, 5.41) is 7.21. The second-order valence-electron chi connectivity index (χ2n) is 10.4. The highest BCUT2D eigenvalue weighted by molar-refractivity contribution is 5.97. The minimum absolute atomic E-state index is 0.0273. The van der Waals surface area contributed by atoms with Crippen LogP contribution in [0.25, 0.3) is 0 Å². The summed E-state index contributed by atoms with van der Waals surface area (Å²) in [5.41, 5.74) is -0.828. The molecule has 2 fully saturated rings. The van der Waals surface area contributed by atoms with Gasteiger partial charge in [0.2, 0.25) is 11.8 Å². The molecule has 0 radical (unpaired) electrons. The highest BCUT2D eigenvalue weighted by Gasteiger charge is 2.45. The first-order valence-corrected chi connectivity index (χ1v) is 12.9. The lowest BCUT2D eigenvalue weighted by molar-refractivity contribution is -0.176. The van der Waals surface area contributed by atoms with E-state index in [0.717, 1.165) is 12.1 Å².